The number of sulfonamides is 1. The van der Waals surface area contributed by atoms with Crippen molar-refractivity contribution in [1.29, 1.82) is 0 Å². The number of aliphatic hydroxyl groups excluding tert-OH is 1. The van der Waals surface area contributed by atoms with Crippen LogP contribution in [0.15, 0.2) is 40.6 Å². The van der Waals surface area contributed by atoms with Crippen LogP contribution in [-0.2, 0) is 14.8 Å². The summed E-state index contributed by atoms with van der Waals surface area (Å²) < 4.78 is 26.4. The average Bonchev–Trinajstić information content (AvgIpc) is 2.64. The number of piperidine rings is 1. The first kappa shape index (κ1) is 19.5. The van der Waals surface area contributed by atoms with E-state index in [2.05, 4.69) is 9.88 Å². The normalized spacial score (nSPS) is 22.5. The number of aromatic nitrogens is 1. The monoisotopic (exact) mass is 406 g/mol. The van der Waals surface area contributed by atoms with Crippen molar-refractivity contribution in [3.05, 3.63) is 35.5 Å². The van der Waals surface area contributed by atoms with Gasteiger partial charge in [0.2, 0.25) is 5.91 Å². The fraction of sp³-hybridized carbons (Fsp3) is 0.579. The Balaban J connectivity index is 1.33. The smallest absolute Gasteiger partial charge is 0.261 e. The van der Waals surface area contributed by atoms with Crippen LogP contribution in [0, 0.1) is 0 Å². The summed E-state index contributed by atoms with van der Waals surface area (Å²) in [7, 11) is -3.55. The molecule has 3 fully saturated rings. The zero-order chi connectivity index (χ0) is 19.7. The van der Waals surface area contributed by atoms with Crippen LogP contribution in [0.5, 0.6) is 0 Å². The molecule has 8 nitrogen and oxygen atoms in total. The first-order chi connectivity index (χ1) is 13.5. The molecule has 0 saturated carbocycles. The van der Waals surface area contributed by atoms with Gasteiger partial charge >= 0.3 is 0 Å². The van der Waals surface area contributed by atoms with E-state index in [9.17, 15) is 18.3 Å². The molecule has 1 aromatic heterocycles. The van der Waals surface area contributed by atoms with Crippen molar-refractivity contribution in [3.8, 4) is 0 Å². The van der Waals surface area contributed by atoms with Gasteiger partial charge in [0.05, 0.1) is 6.61 Å². The summed E-state index contributed by atoms with van der Waals surface area (Å²) in [5.41, 5.74) is 2.22. The van der Waals surface area contributed by atoms with Crippen LogP contribution in [0.4, 0.5) is 0 Å². The third kappa shape index (κ3) is 3.59. The minimum Gasteiger partial charge on any atom is -0.394 e. The zero-order valence-electron chi connectivity index (χ0n) is 15.8. The molecule has 0 bridgehead atoms. The van der Waals surface area contributed by atoms with Gasteiger partial charge in [0.15, 0.2) is 5.03 Å². The highest BCUT2D eigenvalue weighted by Gasteiger charge is 2.40. The van der Waals surface area contributed by atoms with Crippen molar-refractivity contribution in [1.82, 2.24) is 19.1 Å². The summed E-state index contributed by atoms with van der Waals surface area (Å²) in [6, 6.07) is 4.40. The van der Waals surface area contributed by atoms with E-state index in [-0.39, 0.29) is 17.5 Å². The van der Waals surface area contributed by atoms with Crippen molar-refractivity contribution < 1.29 is 18.3 Å². The molecular weight excluding hydrogens is 380 g/mol. The molecule has 0 radical (unpaired) electrons. The summed E-state index contributed by atoms with van der Waals surface area (Å²) in [4.78, 5) is 20.5. The molecule has 4 rings (SSSR count). The van der Waals surface area contributed by atoms with Gasteiger partial charge < -0.3 is 10.0 Å². The Morgan fingerprint density at radius 3 is 2.36 bits per heavy atom. The molecule has 152 valence electrons. The van der Waals surface area contributed by atoms with Crippen LogP contribution in [0.2, 0.25) is 0 Å². The van der Waals surface area contributed by atoms with E-state index in [1.165, 1.54) is 23.0 Å². The number of aliphatic hydroxyl groups is 1. The van der Waals surface area contributed by atoms with Crippen LogP contribution in [-0.4, -0.2) is 90.4 Å². The number of carbonyl (C=O) groups is 1. The number of hydrogen-bond donors (Lipinski definition) is 1. The molecule has 1 atom stereocenters. The highest BCUT2D eigenvalue weighted by Crippen LogP contribution is 2.30. The highest BCUT2D eigenvalue weighted by molar-refractivity contribution is 7.89. The van der Waals surface area contributed by atoms with Gasteiger partial charge in [-0.2, -0.15) is 4.31 Å². The molecule has 1 amide bonds. The lowest BCUT2D eigenvalue weighted by Gasteiger charge is -2.44. The fourth-order valence-electron chi connectivity index (χ4n) is 3.99. The van der Waals surface area contributed by atoms with Gasteiger partial charge in [0.1, 0.15) is 6.04 Å². The molecule has 1 unspecified atom stereocenters. The summed E-state index contributed by atoms with van der Waals surface area (Å²) in [6.07, 6.45) is 4.79. The zero-order valence-corrected chi connectivity index (χ0v) is 16.6. The average molecular weight is 407 g/mol. The molecule has 0 spiro atoms. The van der Waals surface area contributed by atoms with Crippen molar-refractivity contribution in [2.75, 3.05) is 45.9 Å². The van der Waals surface area contributed by atoms with Gasteiger partial charge in [-0.3, -0.25) is 9.69 Å². The van der Waals surface area contributed by atoms with Crippen molar-refractivity contribution in [2.24, 2.45) is 0 Å². The van der Waals surface area contributed by atoms with E-state index < -0.39 is 16.1 Å². The topological polar surface area (TPSA) is 94.0 Å². The second-order valence-corrected chi connectivity index (χ2v) is 9.52. The van der Waals surface area contributed by atoms with E-state index in [4.69, 9.17) is 0 Å². The molecule has 9 heteroatoms. The van der Waals surface area contributed by atoms with Crippen molar-refractivity contribution in [2.45, 2.75) is 30.3 Å². The van der Waals surface area contributed by atoms with Gasteiger partial charge in [-0.05, 0) is 49.2 Å². The SMILES string of the molecule is O=C(C(CO)N1CCCCC1)N1CC(=C2CN(S(=O)(=O)c3ccccn3)C2)C1. The quantitative estimate of drug-likeness (QED) is 0.696. The summed E-state index contributed by atoms with van der Waals surface area (Å²) in [5, 5.41) is 9.77. The maximum absolute atomic E-state index is 12.7. The Kier molecular flexibility index (Phi) is 5.50. The van der Waals surface area contributed by atoms with Crippen LogP contribution in [0.25, 0.3) is 0 Å². The molecule has 1 N–H and O–H groups in total. The third-order valence-electron chi connectivity index (χ3n) is 5.84. The van der Waals surface area contributed by atoms with Crippen LogP contribution < -0.4 is 0 Å². The lowest BCUT2D eigenvalue weighted by Crippen LogP contribution is -2.57. The molecule has 3 aliphatic heterocycles. The van der Waals surface area contributed by atoms with Crippen molar-refractivity contribution in [3.63, 3.8) is 0 Å². The minimum absolute atomic E-state index is 0.0222. The standard InChI is InChI=1S/C19H26N4O4S/c24-14-17(21-8-4-1-5-9-21)19(25)22-10-15(11-22)16-12-23(13-16)28(26,27)18-6-2-3-7-20-18/h2-3,6-7,17,24H,1,4-5,8-14H2. The predicted octanol–water partition coefficient (Wildman–Crippen LogP) is 0.0715. The maximum Gasteiger partial charge on any atom is 0.261 e. The molecule has 3 aliphatic rings. The second kappa shape index (κ2) is 7.90. The minimum atomic E-state index is -3.55. The number of nitrogens with zero attached hydrogens (tertiary/aromatic N) is 4. The maximum atomic E-state index is 12.7. The molecule has 1 aromatic rings. The molecule has 0 aromatic carbocycles. The molecule has 28 heavy (non-hydrogen) atoms. The van der Waals surface area contributed by atoms with E-state index in [1.807, 2.05) is 0 Å². The number of amides is 1. The van der Waals surface area contributed by atoms with Crippen LogP contribution >= 0.6 is 0 Å². The van der Waals surface area contributed by atoms with Gasteiger partial charge in [-0.25, -0.2) is 13.4 Å². The second-order valence-electron chi connectivity index (χ2n) is 7.64. The molecule has 4 heterocycles. The van der Waals surface area contributed by atoms with Gasteiger partial charge in [-0.15, -0.1) is 0 Å². The lowest BCUT2D eigenvalue weighted by atomic mass is 9.95. The largest absolute Gasteiger partial charge is 0.394 e. The number of carbonyl (C=O) groups excluding carboxylic acids is 1. The van der Waals surface area contributed by atoms with E-state index in [0.717, 1.165) is 37.1 Å². The highest BCUT2D eigenvalue weighted by atomic mass is 32.2. The number of rotatable bonds is 5. The third-order valence-corrected chi connectivity index (χ3v) is 7.55. The Morgan fingerprint density at radius 2 is 1.75 bits per heavy atom. The Labute approximate surface area is 165 Å². The Morgan fingerprint density at radius 1 is 1.07 bits per heavy atom. The Bertz CT molecular complexity index is 849. The van der Waals surface area contributed by atoms with Gasteiger partial charge in [0, 0.05) is 32.4 Å². The van der Waals surface area contributed by atoms with E-state index >= 15 is 0 Å². The lowest BCUT2D eigenvalue weighted by molar-refractivity contribution is -0.140. The van der Waals surface area contributed by atoms with E-state index in [1.54, 1.807) is 17.0 Å². The Hall–Kier alpha value is -1.81. The number of likely N-dealkylation sites (tertiary alicyclic amines) is 2. The summed E-state index contributed by atoms with van der Waals surface area (Å²) in [5.74, 6) is -0.0222. The summed E-state index contributed by atoms with van der Waals surface area (Å²) >= 11 is 0. The fourth-order valence-corrected chi connectivity index (χ4v) is 5.35. The first-order valence-corrected chi connectivity index (χ1v) is 11.2. The first-order valence-electron chi connectivity index (χ1n) is 9.75. The number of hydrogen-bond acceptors (Lipinski definition) is 6. The van der Waals surface area contributed by atoms with Gasteiger partial charge in [-0.1, -0.05) is 12.5 Å². The molecule has 0 aliphatic carbocycles. The van der Waals surface area contributed by atoms with Crippen LogP contribution in [0.3, 0.4) is 0 Å². The summed E-state index contributed by atoms with van der Waals surface area (Å²) in [6.45, 7) is 3.37. The van der Waals surface area contributed by atoms with Crippen LogP contribution in [0.1, 0.15) is 19.3 Å². The predicted molar refractivity (Wildman–Crippen MR) is 103 cm³/mol. The number of pyridine rings is 1. The molecular formula is C19H26N4O4S. The van der Waals surface area contributed by atoms with E-state index in [0.29, 0.717) is 26.2 Å². The van der Waals surface area contributed by atoms with Gasteiger partial charge in [0.25, 0.3) is 10.0 Å². The molecule has 3 saturated heterocycles. The van der Waals surface area contributed by atoms with Crippen molar-refractivity contribution >= 4 is 15.9 Å².